The summed E-state index contributed by atoms with van der Waals surface area (Å²) in [7, 11) is 0. The van der Waals surface area contributed by atoms with Crippen LogP contribution in [0, 0.1) is 19.1 Å². The second-order valence-electron chi connectivity index (χ2n) is 3.26. The molecule has 68 valence electrons. The molecule has 0 saturated heterocycles. The molecule has 1 unspecified atom stereocenters. The number of allylic oxidation sites excluding steroid dienone is 2. The first kappa shape index (κ1) is 11.5. The van der Waals surface area contributed by atoms with E-state index in [-0.39, 0.29) is 0 Å². The van der Waals surface area contributed by atoms with Gasteiger partial charge >= 0.3 is 0 Å². The van der Waals surface area contributed by atoms with Crippen molar-refractivity contribution in [2.24, 2.45) is 5.92 Å². The second-order valence-corrected chi connectivity index (χ2v) is 3.26. The van der Waals surface area contributed by atoms with Crippen LogP contribution in [-0.4, -0.2) is 0 Å². The van der Waals surface area contributed by atoms with E-state index in [1.807, 2.05) is 0 Å². The average Bonchev–Trinajstić information content (AvgIpc) is 2.79. The first-order valence-corrected chi connectivity index (χ1v) is 4.90. The lowest BCUT2D eigenvalue weighted by Gasteiger charge is -1.81. The molecule has 1 fully saturated rings. The Morgan fingerprint density at radius 3 is 2.17 bits per heavy atom. The van der Waals surface area contributed by atoms with Crippen molar-refractivity contribution in [1.29, 1.82) is 0 Å². The SMILES string of the molecule is [CH]=C1CC1CC.[CH]=CCCCC. The first-order valence-electron chi connectivity index (χ1n) is 4.90. The van der Waals surface area contributed by atoms with Crippen LogP contribution in [0.5, 0.6) is 0 Å². The van der Waals surface area contributed by atoms with Gasteiger partial charge in [0, 0.05) is 0 Å². The van der Waals surface area contributed by atoms with E-state index in [2.05, 4.69) is 13.8 Å². The molecule has 0 bridgehead atoms. The molecule has 0 aromatic heterocycles. The van der Waals surface area contributed by atoms with Gasteiger partial charge in [0.15, 0.2) is 0 Å². The number of hydrogen-bond acceptors (Lipinski definition) is 0. The lowest BCUT2D eigenvalue weighted by Crippen LogP contribution is -1.62. The molecule has 1 atom stereocenters. The van der Waals surface area contributed by atoms with Crippen molar-refractivity contribution in [3.05, 3.63) is 24.8 Å². The molecule has 0 aromatic rings. The highest BCUT2D eigenvalue weighted by Crippen LogP contribution is 2.37. The maximum absolute atomic E-state index is 5.39. The van der Waals surface area contributed by atoms with Gasteiger partial charge in [-0.05, 0) is 25.2 Å². The van der Waals surface area contributed by atoms with Crippen LogP contribution in [0.25, 0.3) is 0 Å². The summed E-state index contributed by atoms with van der Waals surface area (Å²) >= 11 is 0. The Labute approximate surface area is 77.4 Å². The van der Waals surface area contributed by atoms with Crippen LogP contribution in [0.3, 0.4) is 0 Å². The van der Waals surface area contributed by atoms with Gasteiger partial charge < -0.3 is 0 Å². The zero-order valence-electron chi connectivity index (χ0n) is 8.34. The van der Waals surface area contributed by atoms with Gasteiger partial charge in [0.1, 0.15) is 0 Å². The summed E-state index contributed by atoms with van der Waals surface area (Å²) in [6.45, 7) is 14.8. The van der Waals surface area contributed by atoms with E-state index in [9.17, 15) is 0 Å². The zero-order valence-corrected chi connectivity index (χ0v) is 8.34. The summed E-state index contributed by atoms with van der Waals surface area (Å²) < 4.78 is 0. The van der Waals surface area contributed by atoms with Gasteiger partial charge in [-0.2, -0.15) is 0 Å². The minimum atomic E-state index is 0.796. The highest BCUT2D eigenvalue weighted by atomic mass is 14.3. The van der Waals surface area contributed by atoms with Crippen LogP contribution in [0.2, 0.25) is 0 Å². The lowest BCUT2D eigenvalue weighted by molar-refractivity contribution is 0.815. The minimum Gasteiger partial charge on any atom is -0.0845 e. The number of hydrogen-bond donors (Lipinski definition) is 0. The Morgan fingerprint density at radius 2 is 2.08 bits per heavy atom. The van der Waals surface area contributed by atoms with Gasteiger partial charge in [-0.15, -0.1) is 0 Å². The Bertz CT molecular complexity index is 133. The van der Waals surface area contributed by atoms with Crippen molar-refractivity contribution in [2.45, 2.75) is 46.0 Å². The number of unbranched alkanes of at least 4 members (excludes halogenated alkanes) is 2. The Hall–Kier alpha value is -0.520. The highest BCUT2D eigenvalue weighted by Gasteiger charge is 2.24. The van der Waals surface area contributed by atoms with Crippen LogP contribution < -0.4 is 0 Å². The predicted molar refractivity (Wildman–Crippen MR) is 54.6 cm³/mol. The molecule has 0 heteroatoms. The van der Waals surface area contributed by atoms with Crippen molar-refractivity contribution >= 4 is 0 Å². The van der Waals surface area contributed by atoms with Crippen molar-refractivity contribution in [1.82, 2.24) is 0 Å². The quantitative estimate of drug-likeness (QED) is 0.552. The summed E-state index contributed by atoms with van der Waals surface area (Å²) in [5.41, 5.74) is 1.21. The van der Waals surface area contributed by atoms with Crippen molar-refractivity contribution in [3.63, 3.8) is 0 Å². The predicted octanol–water partition coefficient (Wildman–Crippen LogP) is 3.94. The molecular formula is C12H20. The summed E-state index contributed by atoms with van der Waals surface area (Å²) in [5, 5.41) is 0. The lowest BCUT2D eigenvalue weighted by atomic mass is 10.3. The summed E-state index contributed by atoms with van der Waals surface area (Å²) in [5.74, 6) is 0.796. The van der Waals surface area contributed by atoms with E-state index in [0.717, 1.165) is 12.3 Å². The van der Waals surface area contributed by atoms with Gasteiger partial charge in [0.05, 0.1) is 0 Å². The standard InChI is InChI=1S/C6H9.C6H11/c1-3-6-4-5(6)2;1-3-5-6-4-2/h2,6H,3-4H2,1H3;1,3H,4-6H2,2H3. The Kier molecular flexibility index (Phi) is 6.84. The molecule has 0 aliphatic heterocycles. The fraction of sp³-hybridized carbons (Fsp3) is 0.667. The Morgan fingerprint density at radius 1 is 1.50 bits per heavy atom. The van der Waals surface area contributed by atoms with E-state index in [1.165, 1.54) is 31.3 Å². The van der Waals surface area contributed by atoms with Crippen molar-refractivity contribution in [3.8, 4) is 0 Å². The molecule has 2 radical (unpaired) electrons. The smallest absolute Gasteiger partial charge is 0.0165 e. The maximum Gasteiger partial charge on any atom is -0.0165 e. The molecule has 12 heavy (non-hydrogen) atoms. The van der Waals surface area contributed by atoms with Crippen LogP contribution in [0.1, 0.15) is 46.0 Å². The van der Waals surface area contributed by atoms with Crippen LogP contribution in [0.15, 0.2) is 11.6 Å². The number of rotatable bonds is 4. The van der Waals surface area contributed by atoms with E-state index in [0.29, 0.717) is 0 Å². The highest BCUT2D eigenvalue weighted by molar-refractivity contribution is 5.15. The minimum absolute atomic E-state index is 0.796. The summed E-state index contributed by atoms with van der Waals surface area (Å²) in [4.78, 5) is 0. The maximum atomic E-state index is 5.39. The normalized spacial score (nSPS) is 19.5. The van der Waals surface area contributed by atoms with Gasteiger partial charge in [0.25, 0.3) is 0 Å². The molecule has 0 nitrogen and oxygen atoms in total. The van der Waals surface area contributed by atoms with Gasteiger partial charge in [-0.25, -0.2) is 0 Å². The van der Waals surface area contributed by atoms with Crippen molar-refractivity contribution in [2.75, 3.05) is 0 Å². The van der Waals surface area contributed by atoms with E-state index in [1.54, 1.807) is 6.08 Å². The van der Waals surface area contributed by atoms with Gasteiger partial charge in [0.2, 0.25) is 0 Å². The van der Waals surface area contributed by atoms with Crippen LogP contribution in [-0.2, 0) is 0 Å². The third kappa shape index (κ3) is 6.21. The third-order valence-electron chi connectivity index (χ3n) is 2.06. The largest absolute Gasteiger partial charge is 0.0845 e. The second kappa shape index (κ2) is 7.15. The third-order valence-corrected chi connectivity index (χ3v) is 2.06. The fourth-order valence-electron chi connectivity index (χ4n) is 0.954. The molecule has 0 N–H and O–H groups in total. The van der Waals surface area contributed by atoms with Crippen molar-refractivity contribution < 1.29 is 0 Å². The van der Waals surface area contributed by atoms with Gasteiger partial charge in [-0.1, -0.05) is 51.5 Å². The average molecular weight is 164 g/mol. The summed E-state index contributed by atoms with van der Waals surface area (Å²) in [6.07, 6.45) is 7.69. The molecule has 1 aliphatic rings. The van der Waals surface area contributed by atoms with Crippen LogP contribution >= 0.6 is 0 Å². The molecule has 1 rings (SSSR count). The fourth-order valence-corrected chi connectivity index (χ4v) is 0.954. The van der Waals surface area contributed by atoms with E-state index in [4.69, 9.17) is 13.2 Å². The first-order chi connectivity index (χ1) is 5.76. The van der Waals surface area contributed by atoms with E-state index < -0.39 is 0 Å². The molecule has 1 aliphatic carbocycles. The zero-order chi connectivity index (χ0) is 9.40. The summed E-state index contributed by atoms with van der Waals surface area (Å²) in [6, 6.07) is 0. The van der Waals surface area contributed by atoms with Gasteiger partial charge in [-0.3, -0.25) is 0 Å². The molecule has 0 aromatic carbocycles. The topological polar surface area (TPSA) is 0 Å². The molecule has 1 saturated carbocycles. The monoisotopic (exact) mass is 164 g/mol. The molecule has 0 spiro atoms. The molecule has 0 heterocycles. The van der Waals surface area contributed by atoms with Crippen LogP contribution in [0.4, 0.5) is 0 Å². The van der Waals surface area contributed by atoms with E-state index >= 15 is 0 Å². The molecule has 0 amide bonds. The molecular weight excluding hydrogens is 144 g/mol. The Balaban J connectivity index is 0.000000202.